The predicted octanol–water partition coefficient (Wildman–Crippen LogP) is 3.39. The number of β-lactam (4-membered cyclic amide) rings is 1. The van der Waals surface area contributed by atoms with Gasteiger partial charge in [0.1, 0.15) is 30.4 Å². The SMILES string of the molecule is C[Si](C)(C)NC1C(=O)N2C(C(=O)O[Si](C)(C)C)=C(CSc3cnnn3[Si](C)(C)C)CS[C@@H]12. The van der Waals surface area contributed by atoms with E-state index in [1.807, 2.05) is 24.0 Å². The van der Waals surface area contributed by atoms with E-state index in [4.69, 9.17) is 4.43 Å². The van der Waals surface area contributed by atoms with E-state index in [9.17, 15) is 9.59 Å². The van der Waals surface area contributed by atoms with E-state index < -0.39 is 24.8 Å². The standard InChI is InChI=1S/C19H35N5O3S2Si3/c1-30(2,3)21-15-17(25)23-16(19(26)27-32(7,8)9)13(12-29-18(15)23)11-28-14-10-20-22-24(14)31(4,5)6/h10,15,18,21H,11-12H2,1-9H3/t15?,18-/m0/s1. The van der Waals surface area contributed by atoms with E-state index in [0.717, 1.165) is 10.6 Å². The molecule has 0 spiro atoms. The van der Waals surface area contributed by atoms with Crippen LogP contribution in [-0.4, -0.2) is 79.1 Å². The Labute approximate surface area is 202 Å². The molecule has 32 heavy (non-hydrogen) atoms. The fourth-order valence-electron chi connectivity index (χ4n) is 3.53. The zero-order chi connectivity index (χ0) is 24.1. The van der Waals surface area contributed by atoms with Crippen LogP contribution in [0.25, 0.3) is 0 Å². The molecule has 0 radical (unpaired) electrons. The van der Waals surface area contributed by atoms with Crippen LogP contribution < -0.4 is 4.98 Å². The van der Waals surface area contributed by atoms with Gasteiger partial charge in [-0.2, -0.15) is 0 Å². The van der Waals surface area contributed by atoms with E-state index in [1.165, 1.54) is 0 Å². The summed E-state index contributed by atoms with van der Waals surface area (Å²) < 4.78 is 7.88. The average molecular weight is 530 g/mol. The zero-order valence-corrected chi connectivity index (χ0v) is 25.1. The minimum atomic E-state index is -2.11. The zero-order valence-electron chi connectivity index (χ0n) is 20.5. The first-order chi connectivity index (χ1) is 14.6. The van der Waals surface area contributed by atoms with Crippen LogP contribution in [0.1, 0.15) is 0 Å². The number of carbonyl (C=O) groups excluding carboxylic acids is 2. The van der Waals surface area contributed by atoms with Gasteiger partial charge < -0.3 is 9.41 Å². The van der Waals surface area contributed by atoms with Gasteiger partial charge in [-0.25, -0.2) is 4.79 Å². The molecular weight excluding hydrogens is 495 g/mol. The van der Waals surface area contributed by atoms with E-state index in [0.29, 0.717) is 17.2 Å². The smallest absolute Gasteiger partial charge is 0.341 e. The maximum Gasteiger partial charge on any atom is 0.341 e. The van der Waals surface area contributed by atoms with E-state index in [2.05, 4.69) is 54.6 Å². The molecule has 0 saturated carbocycles. The quantitative estimate of drug-likeness (QED) is 0.311. The monoisotopic (exact) mass is 529 g/mol. The Balaban J connectivity index is 1.88. The van der Waals surface area contributed by atoms with Crippen molar-refractivity contribution in [3.8, 4) is 0 Å². The Morgan fingerprint density at radius 2 is 1.88 bits per heavy atom. The number of rotatable bonds is 8. The summed E-state index contributed by atoms with van der Waals surface area (Å²) in [6.45, 7) is 19.2. The van der Waals surface area contributed by atoms with Crippen molar-refractivity contribution in [3.05, 3.63) is 17.5 Å². The van der Waals surface area contributed by atoms with Crippen LogP contribution in [0.15, 0.2) is 22.5 Å². The van der Waals surface area contributed by atoms with Crippen molar-refractivity contribution in [1.82, 2.24) is 24.5 Å². The first-order valence-electron chi connectivity index (χ1n) is 10.8. The van der Waals surface area contributed by atoms with Crippen molar-refractivity contribution in [2.75, 3.05) is 11.5 Å². The van der Waals surface area contributed by atoms with Gasteiger partial charge in [-0.15, -0.1) is 28.6 Å². The van der Waals surface area contributed by atoms with Crippen molar-refractivity contribution < 1.29 is 14.0 Å². The highest BCUT2D eigenvalue weighted by Crippen LogP contribution is 2.42. The minimum absolute atomic E-state index is 0.0246. The topological polar surface area (TPSA) is 89.3 Å². The Morgan fingerprint density at radius 1 is 1.22 bits per heavy atom. The molecule has 0 aromatic carbocycles. The lowest BCUT2D eigenvalue weighted by atomic mass is 10.0. The molecule has 2 atom stereocenters. The molecule has 2 aliphatic heterocycles. The molecule has 178 valence electrons. The molecule has 3 rings (SSSR count). The Hall–Kier alpha value is -0.869. The molecule has 1 aromatic heterocycles. The summed E-state index contributed by atoms with van der Waals surface area (Å²) in [6.07, 6.45) is 1.78. The second-order valence-electron chi connectivity index (χ2n) is 11.2. The third-order valence-electron chi connectivity index (χ3n) is 4.78. The lowest BCUT2D eigenvalue weighted by molar-refractivity contribution is -0.147. The molecule has 0 aliphatic carbocycles. The third kappa shape index (κ3) is 5.78. The number of amides is 1. The first kappa shape index (κ1) is 25.7. The summed E-state index contributed by atoms with van der Waals surface area (Å²) in [6, 6.07) is -0.229. The molecule has 3 heterocycles. The Bertz CT molecular complexity index is 934. The normalized spacial score (nSPS) is 22.0. The van der Waals surface area contributed by atoms with Crippen LogP contribution in [0.2, 0.25) is 58.9 Å². The number of carbonyl (C=O) groups is 2. The van der Waals surface area contributed by atoms with Crippen molar-refractivity contribution in [3.63, 3.8) is 0 Å². The van der Waals surface area contributed by atoms with Gasteiger partial charge in [-0.05, 0) is 44.9 Å². The number of thioether (sulfide) groups is 2. The highest BCUT2D eigenvalue weighted by atomic mass is 32.2. The van der Waals surface area contributed by atoms with Crippen molar-refractivity contribution in [2.45, 2.75) is 75.4 Å². The van der Waals surface area contributed by atoms with Gasteiger partial charge in [0.25, 0.3) is 0 Å². The number of aromatic nitrogens is 3. The van der Waals surface area contributed by atoms with Crippen LogP contribution in [0.4, 0.5) is 0 Å². The highest BCUT2D eigenvalue weighted by Gasteiger charge is 2.54. The second kappa shape index (κ2) is 9.06. The van der Waals surface area contributed by atoms with Gasteiger partial charge in [0, 0.05) is 11.5 Å². The summed E-state index contributed by atoms with van der Waals surface area (Å²) in [5, 5.41) is 9.32. The molecule has 13 heteroatoms. The lowest BCUT2D eigenvalue weighted by Gasteiger charge is -2.51. The summed E-state index contributed by atoms with van der Waals surface area (Å²) in [5.74, 6) is 0.921. The van der Waals surface area contributed by atoms with E-state index in [1.54, 1.807) is 34.6 Å². The minimum Gasteiger partial charge on any atom is -0.515 e. The Morgan fingerprint density at radius 3 is 2.44 bits per heavy atom. The first-order valence-corrected chi connectivity index (χ1v) is 23.2. The molecule has 1 fully saturated rings. The summed E-state index contributed by atoms with van der Waals surface area (Å²) in [4.78, 5) is 31.6. The predicted molar refractivity (Wildman–Crippen MR) is 139 cm³/mol. The summed E-state index contributed by atoms with van der Waals surface area (Å²) >= 11 is 3.35. The average Bonchev–Trinajstić information content (AvgIpc) is 3.10. The fraction of sp³-hybridized carbons (Fsp3) is 0.684. The number of hydrogen-bond donors (Lipinski definition) is 1. The maximum absolute atomic E-state index is 13.2. The van der Waals surface area contributed by atoms with Crippen LogP contribution in [0.3, 0.4) is 0 Å². The van der Waals surface area contributed by atoms with Crippen molar-refractivity contribution in [1.29, 1.82) is 0 Å². The molecule has 1 aromatic rings. The number of hydrogen-bond acceptors (Lipinski definition) is 8. The summed E-state index contributed by atoms with van der Waals surface area (Å²) in [7, 11) is -5.45. The fourth-order valence-corrected chi connectivity index (χ4v) is 9.88. The third-order valence-corrected chi connectivity index (χ3v) is 10.9. The van der Waals surface area contributed by atoms with Crippen LogP contribution in [-0.2, 0) is 14.0 Å². The van der Waals surface area contributed by atoms with Crippen molar-refractivity contribution in [2.24, 2.45) is 0 Å². The van der Waals surface area contributed by atoms with Gasteiger partial charge in [0.2, 0.25) is 14.2 Å². The molecule has 1 N–H and O–H groups in total. The van der Waals surface area contributed by atoms with Crippen LogP contribution >= 0.6 is 23.5 Å². The summed E-state index contributed by atoms with van der Waals surface area (Å²) in [5.41, 5.74) is 1.40. The van der Waals surface area contributed by atoms with Crippen LogP contribution in [0.5, 0.6) is 0 Å². The van der Waals surface area contributed by atoms with Crippen LogP contribution in [0, 0.1) is 0 Å². The molecule has 8 nitrogen and oxygen atoms in total. The molecule has 0 bridgehead atoms. The number of nitrogens with zero attached hydrogens (tertiary/aromatic N) is 4. The largest absolute Gasteiger partial charge is 0.515 e. The molecule has 1 unspecified atom stereocenters. The number of nitrogens with one attached hydrogen (secondary N) is 1. The van der Waals surface area contributed by atoms with Gasteiger partial charge in [-0.3, -0.25) is 14.0 Å². The van der Waals surface area contributed by atoms with E-state index in [-0.39, 0.29) is 23.3 Å². The van der Waals surface area contributed by atoms with Gasteiger partial charge in [0.15, 0.2) is 8.24 Å². The molecule has 1 amide bonds. The lowest BCUT2D eigenvalue weighted by Crippen LogP contribution is -2.73. The molecular formula is C19H35N5O3S2Si3. The number of fused-ring (bicyclic) bond motifs is 1. The molecule has 1 saturated heterocycles. The van der Waals surface area contributed by atoms with Crippen molar-refractivity contribution >= 4 is 60.2 Å². The van der Waals surface area contributed by atoms with Gasteiger partial charge in [0.05, 0.1) is 6.20 Å². The highest BCUT2D eigenvalue weighted by molar-refractivity contribution is 8.01. The van der Waals surface area contributed by atoms with E-state index >= 15 is 0 Å². The molecule has 2 aliphatic rings. The Kier molecular flexibility index (Phi) is 7.29. The van der Waals surface area contributed by atoms with Gasteiger partial charge in [-0.1, -0.05) is 24.9 Å². The van der Waals surface area contributed by atoms with Gasteiger partial charge >= 0.3 is 5.97 Å². The second-order valence-corrected chi connectivity index (χ2v) is 27.3. The maximum atomic E-state index is 13.2.